The molecule has 0 radical (unpaired) electrons. The molecule has 4 heterocycles. The molecule has 0 fully saturated rings. The molecule has 1 aliphatic heterocycles. The average molecular weight is 346 g/mol. The Kier molecular flexibility index (Phi) is 3.55. The van der Waals surface area contributed by atoms with Crippen molar-refractivity contribution in [1.29, 1.82) is 0 Å². The first kappa shape index (κ1) is 15.7. The van der Waals surface area contributed by atoms with Gasteiger partial charge in [-0.05, 0) is 24.6 Å². The van der Waals surface area contributed by atoms with E-state index >= 15 is 0 Å². The Morgan fingerprint density at radius 3 is 2.76 bits per heavy atom. The molecular weight excluding hydrogens is 333 g/mol. The highest BCUT2D eigenvalue weighted by molar-refractivity contribution is 5.78. The number of hydrogen-bond donors (Lipinski definition) is 0. The van der Waals surface area contributed by atoms with Gasteiger partial charge in [0.15, 0.2) is 5.52 Å². The number of rotatable bonds is 1. The summed E-state index contributed by atoms with van der Waals surface area (Å²) in [5.74, 6) is -1.31. The third-order valence-corrected chi connectivity index (χ3v) is 4.43. The molecule has 0 bridgehead atoms. The van der Waals surface area contributed by atoms with Crippen LogP contribution >= 0.6 is 0 Å². The van der Waals surface area contributed by atoms with Gasteiger partial charge in [-0.1, -0.05) is 6.07 Å². The number of aromatic nitrogens is 4. The minimum absolute atomic E-state index is 0.00492. The van der Waals surface area contributed by atoms with Crippen LogP contribution in [0.4, 0.5) is 13.2 Å². The van der Waals surface area contributed by atoms with Gasteiger partial charge in [0.2, 0.25) is 0 Å². The van der Waals surface area contributed by atoms with Crippen molar-refractivity contribution in [3.8, 4) is 11.3 Å². The number of nitrogens with zero attached hydrogens (tertiary/aromatic N) is 4. The molecular formula is C17H13F3N4O. The number of pyridine rings is 2. The van der Waals surface area contributed by atoms with Crippen molar-refractivity contribution in [2.75, 3.05) is 0 Å². The molecule has 1 aliphatic rings. The Bertz CT molecular complexity index is 998. The zero-order valence-electron chi connectivity index (χ0n) is 13.0. The molecule has 0 amide bonds. The van der Waals surface area contributed by atoms with Gasteiger partial charge in [0, 0.05) is 30.9 Å². The SMILES string of the molecule is O=c1c2ncc(-c3ccccn3)cc2nc2n1CCC(C(F)(F)F)C2. The Morgan fingerprint density at radius 1 is 1.20 bits per heavy atom. The van der Waals surface area contributed by atoms with Gasteiger partial charge >= 0.3 is 6.18 Å². The predicted octanol–water partition coefficient (Wildman–Crippen LogP) is 2.98. The van der Waals surface area contributed by atoms with Gasteiger partial charge in [-0.15, -0.1) is 0 Å². The lowest BCUT2D eigenvalue weighted by atomic mass is 9.97. The predicted molar refractivity (Wildman–Crippen MR) is 84.9 cm³/mol. The van der Waals surface area contributed by atoms with E-state index in [2.05, 4.69) is 15.0 Å². The number of halogens is 3. The molecule has 8 heteroatoms. The molecule has 0 N–H and O–H groups in total. The molecule has 1 atom stereocenters. The molecule has 3 aromatic rings. The first-order valence-corrected chi connectivity index (χ1v) is 7.81. The molecule has 3 aromatic heterocycles. The maximum atomic E-state index is 13.0. The lowest BCUT2D eigenvalue weighted by Gasteiger charge is -2.26. The van der Waals surface area contributed by atoms with Crippen LogP contribution < -0.4 is 5.56 Å². The van der Waals surface area contributed by atoms with Crippen LogP contribution in [0, 0.1) is 5.92 Å². The summed E-state index contributed by atoms with van der Waals surface area (Å²) in [4.78, 5) is 25.2. The van der Waals surface area contributed by atoms with E-state index in [4.69, 9.17) is 0 Å². The van der Waals surface area contributed by atoms with Crippen LogP contribution in [-0.2, 0) is 13.0 Å². The molecule has 0 saturated heterocycles. The second kappa shape index (κ2) is 5.65. The highest BCUT2D eigenvalue weighted by Gasteiger charge is 2.42. The Hall–Kier alpha value is -2.77. The fourth-order valence-electron chi connectivity index (χ4n) is 3.09. The lowest BCUT2D eigenvalue weighted by molar-refractivity contribution is -0.179. The van der Waals surface area contributed by atoms with Gasteiger partial charge in [0.25, 0.3) is 5.56 Å². The largest absolute Gasteiger partial charge is 0.392 e. The minimum atomic E-state index is -4.29. The summed E-state index contributed by atoms with van der Waals surface area (Å²) in [6, 6.07) is 7.02. The van der Waals surface area contributed by atoms with Gasteiger partial charge in [-0.3, -0.25) is 14.3 Å². The summed E-state index contributed by atoms with van der Waals surface area (Å²) in [6.07, 6.45) is -1.53. The summed E-state index contributed by atoms with van der Waals surface area (Å²) in [7, 11) is 0. The van der Waals surface area contributed by atoms with Crippen LogP contribution in [-0.4, -0.2) is 25.7 Å². The molecule has 0 aliphatic carbocycles. The van der Waals surface area contributed by atoms with Crippen LogP contribution in [0.1, 0.15) is 12.2 Å². The summed E-state index contributed by atoms with van der Waals surface area (Å²) in [5.41, 5.74) is 1.38. The fourth-order valence-corrected chi connectivity index (χ4v) is 3.09. The fraction of sp³-hybridized carbons (Fsp3) is 0.294. The second-order valence-corrected chi connectivity index (χ2v) is 6.02. The first-order valence-electron chi connectivity index (χ1n) is 7.81. The van der Waals surface area contributed by atoms with Crippen molar-refractivity contribution >= 4 is 11.0 Å². The van der Waals surface area contributed by atoms with E-state index in [0.29, 0.717) is 16.8 Å². The zero-order valence-corrected chi connectivity index (χ0v) is 13.0. The minimum Gasteiger partial charge on any atom is -0.295 e. The van der Waals surface area contributed by atoms with Crippen molar-refractivity contribution in [3.63, 3.8) is 0 Å². The molecule has 0 saturated carbocycles. The van der Waals surface area contributed by atoms with Crippen molar-refractivity contribution in [2.45, 2.75) is 25.6 Å². The van der Waals surface area contributed by atoms with Crippen molar-refractivity contribution < 1.29 is 13.2 Å². The maximum absolute atomic E-state index is 13.0. The third kappa shape index (κ3) is 2.77. The van der Waals surface area contributed by atoms with Crippen molar-refractivity contribution in [2.24, 2.45) is 5.92 Å². The van der Waals surface area contributed by atoms with E-state index in [1.54, 1.807) is 24.4 Å². The maximum Gasteiger partial charge on any atom is 0.392 e. The third-order valence-electron chi connectivity index (χ3n) is 4.43. The molecule has 0 aromatic carbocycles. The zero-order chi connectivity index (χ0) is 17.6. The van der Waals surface area contributed by atoms with E-state index in [1.165, 1.54) is 10.8 Å². The normalized spacial score (nSPS) is 17.5. The summed E-state index contributed by atoms with van der Waals surface area (Å²) in [5, 5.41) is 0. The number of alkyl halides is 3. The molecule has 25 heavy (non-hydrogen) atoms. The highest BCUT2D eigenvalue weighted by Crippen LogP contribution is 2.34. The number of hydrogen-bond acceptors (Lipinski definition) is 4. The molecule has 128 valence electrons. The van der Waals surface area contributed by atoms with Crippen LogP contribution in [0.5, 0.6) is 0 Å². The second-order valence-electron chi connectivity index (χ2n) is 6.02. The Morgan fingerprint density at radius 2 is 2.04 bits per heavy atom. The van der Waals surface area contributed by atoms with E-state index in [-0.39, 0.29) is 30.7 Å². The monoisotopic (exact) mass is 346 g/mol. The number of fused-ring (bicyclic) bond motifs is 2. The lowest BCUT2D eigenvalue weighted by Crippen LogP contribution is -2.37. The van der Waals surface area contributed by atoms with E-state index in [0.717, 1.165) is 0 Å². The van der Waals surface area contributed by atoms with Crippen LogP contribution in [0.25, 0.3) is 22.3 Å². The average Bonchev–Trinajstić information content (AvgIpc) is 2.61. The van der Waals surface area contributed by atoms with Gasteiger partial charge in [0.05, 0.1) is 17.1 Å². The molecule has 0 spiro atoms. The van der Waals surface area contributed by atoms with Crippen LogP contribution in [0.3, 0.4) is 0 Å². The van der Waals surface area contributed by atoms with Gasteiger partial charge in [-0.2, -0.15) is 13.2 Å². The first-order chi connectivity index (χ1) is 11.9. The topological polar surface area (TPSA) is 60.7 Å². The standard InChI is InChI=1S/C17H13F3N4O/c18-17(19,20)11-4-6-24-14(8-11)23-13-7-10(9-22-15(13)16(24)25)12-3-1-2-5-21-12/h1-3,5,7,9,11H,4,6,8H2. The van der Waals surface area contributed by atoms with Crippen molar-refractivity contribution in [3.05, 3.63) is 52.8 Å². The van der Waals surface area contributed by atoms with E-state index < -0.39 is 17.7 Å². The molecule has 4 rings (SSSR count). The van der Waals surface area contributed by atoms with Crippen LogP contribution in [0.2, 0.25) is 0 Å². The Labute approximate surface area is 140 Å². The summed E-state index contributed by atoms with van der Waals surface area (Å²) < 4.78 is 40.3. The molecule has 5 nitrogen and oxygen atoms in total. The van der Waals surface area contributed by atoms with Gasteiger partial charge in [0.1, 0.15) is 5.82 Å². The van der Waals surface area contributed by atoms with Crippen LogP contribution in [0.15, 0.2) is 41.5 Å². The summed E-state index contributed by atoms with van der Waals surface area (Å²) >= 11 is 0. The molecule has 1 unspecified atom stereocenters. The van der Waals surface area contributed by atoms with Crippen molar-refractivity contribution in [1.82, 2.24) is 19.5 Å². The quantitative estimate of drug-likeness (QED) is 0.680. The summed E-state index contributed by atoms with van der Waals surface area (Å²) in [6.45, 7) is 0.00492. The van der Waals surface area contributed by atoms with E-state index in [1.807, 2.05) is 6.07 Å². The smallest absolute Gasteiger partial charge is 0.295 e. The highest BCUT2D eigenvalue weighted by atomic mass is 19.4. The Balaban J connectivity index is 1.83. The van der Waals surface area contributed by atoms with E-state index in [9.17, 15) is 18.0 Å². The van der Waals surface area contributed by atoms with Gasteiger partial charge < -0.3 is 0 Å². The van der Waals surface area contributed by atoms with Gasteiger partial charge in [-0.25, -0.2) is 9.97 Å².